The highest BCUT2D eigenvalue weighted by Crippen LogP contribution is 2.08. The van der Waals surface area contributed by atoms with Crippen molar-refractivity contribution in [1.82, 2.24) is 15.5 Å². The van der Waals surface area contributed by atoms with Gasteiger partial charge in [-0.25, -0.2) is 0 Å². The van der Waals surface area contributed by atoms with E-state index in [1.807, 2.05) is 13.0 Å². The quantitative estimate of drug-likeness (QED) is 0.850. The molecule has 0 aliphatic rings. The topological polar surface area (TPSA) is 78.7 Å². The van der Waals surface area contributed by atoms with Crippen LogP contribution in [0.1, 0.15) is 42.0 Å². The molecular formula is C12H16N4O. The van der Waals surface area contributed by atoms with Gasteiger partial charge in [-0.3, -0.25) is 4.79 Å². The lowest BCUT2D eigenvalue weighted by molar-refractivity contribution is 0.0939. The van der Waals surface area contributed by atoms with Gasteiger partial charge in [-0.2, -0.15) is 15.5 Å². The Bertz CT molecular complexity index is 450. The summed E-state index contributed by atoms with van der Waals surface area (Å²) in [4.78, 5) is 12.0. The van der Waals surface area contributed by atoms with E-state index in [1.54, 1.807) is 19.9 Å². The van der Waals surface area contributed by atoms with Crippen molar-refractivity contribution in [2.45, 2.75) is 39.7 Å². The molecule has 0 aliphatic carbocycles. The number of amides is 1. The molecule has 1 unspecified atom stereocenters. The van der Waals surface area contributed by atoms with E-state index in [-0.39, 0.29) is 11.9 Å². The fourth-order valence-corrected chi connectivity index (χ4v) is 1.46. The van der Waals surface area contributed by atoms with Crippen molar-refractivity contribution in [2.24, 2.45) is 0 Å². The number of aryl methyl sites for hydroxylation is 2. The van der Waals surface area contributed by atoms with Gasteiger partial charge in [0.15, 0.2) is 0 Å². The summed E-state index contributed by atoms with van der Waals surface area (Å²) in [5, 5.41) is 19.2. The number of hydrogen-bond donors (Lipinski definition) is 1. The zero-order valence-electron chi connectivity index (χ0n) is 10.3. The average molecular weight is 232 g/mol. The largest absolute Gasteiger partial charge is 0.348 e. The molecule has 0 fully saturated rings. The summed E-state index contributed by atoms with van der Waals surface area (Å²) in [7, 11) is 0. The monoisotopic (exact) mass is 232 g/mol. The van der Waals surface area contributed by atoms with Gasteiger partial charge in [-0.1, -0.05) is 6.92 Å². The zero-order valence-corrected chi connectivity index (χ0v) is 10.3. The molecule has 1 amide bonds. The first-order chi connectivity index (χ1) is 8.08. The second kappa shape index (κ2) is 5.94. The lowest BCUT2D eigenvalue weighted by atomic mass is 10.1. The van der Waals surface area contributed by atoms with Crippen LogP contribution in [-0.4, -0.2) is 22.1 Å². The molecule has 0 aromatic carbocycles. The van der Waals surface area contributed by atoms with Crippen LogP contribution in [-0.2, 0) is 6.42 Å². The number of carbonyl (C=O) groups is 1. The first kappa shape index (κ1) is 13.1. The highest BCUT2D eigenvalue weighted by atomic mass is 16.1. The number of hydrogen-bond acceptors (Lipinski definition) is 4. The minimum Gasteiger partial charge on any atom is -0.348 e. The van der Waals surface area contributed by atoms with Gasteiger partial charge < -0.3 is 5.32 Å². The summed E-state index contributed by atoms with van der Waals surface area (Å²) in [5.74, 6) is -0.192. The normalized spacial score (nSPS) is 11.6. The van der Waals surface area contributed by atoms with Crippen LogP contribution < -0.4 is 5.32 Å². The Labute approximate surface area is 101 Å². The minimum atomic E-state index is -0.192. The lowest BCUT2D eigenvalue weighted by Crippen LogP contribution is -2.33. The smallest absolute Gasteiger partial charge is 0.253 e. The van der Waals surface area contributed by atoms with E-state index < -0.39 is 0 Å². The standard InChI is InChI=1S/C12H16N4O/c1-4-11-10(7-9(3)15-16-11)12(17)14-8(2)5-6-13/h7-8H,4-5H2,1-3H3,(H,14,17). The Balaban J connectivity index is 2.88. The zero-order chi connectivity index (χ0) is 12.8. The van der Waals surface area contributed by atoms with Crippen LogP contribution in [0, 0.1) is 18.3 Å². The molecule has 5 nitrogen and oxygen atoms in total. The average Bonchev–Trinajstić information content (AvgIpc) is 2.29. The fraction of sp³-hybridized carbons (Fsp3) is 0.500. The van der Waals surface area contributed by atoms with Crippen molar-refractivity contribution < 1.29 is 4.79 Å². The van der Waals surface area contributed by atoms with Gasteiger partial charge in [0.2, 0.25) is 0 Å². The molecular weight excluding hydrogens is 216 g/mol. The van der Waals surface area contributed by atoms with Crippen LogP contribution in [0.25, 0.3) is 0 Å². The molecule has 1 atom stereocenters. The maximum absolute atomic E-state index is 12.0. The van der Waals surface area contributed by atoms with Gasteiger partial charge >= 0.3 is 0 Å². The number of nitrogens with one attached hydrogen (secondary N) is 1. The van der Waals surface area contributed by atoms with Crippen LogP contribution in [0.3, 0.4) is 0 Å². The van der Waals surface area contributed by atoms with E-state index >= 15 is 0 Å². The molecule has 0 saturated heterocycles. The molecule has 0 aliphatic heterocycles. The number of nitriles is 1. The third kappa shape index (κ3) is 3.52. The summed E-state index contributed by atoms with van der Waals surface area (Å²) in [5.41, 5.74) is 1.93. The maximum Gasteiger partial charge on any atom is 0.253 e. The van der Waals surface area contributed by atoms with Crippen molar-refractivity contribution in [3.8, 4) is 6.07 Å². The van der Waals surface area contributed by atoms with Gasteiger partial charge in [0.05, 0.1) is 29.4 Å². The summed E-state index contributed by atoms with van der Waals surface area (Å²) >= 11 is 0. The van der Waals surface area contributed by atoms with Crippen LogP contribution in [0.2, 0.25) is 0 Å². The van der Waals surface area contributed by atoms with Crippen molar-refractivity contribution in [3.63, 3.8) is 0 Å². The van der Waals surface area contributed by atoms with E-state index in [2.05, 4.69) is 15.5 Å². The number of nitrogens with zero attached hydrogens (tertiary/aromatic N) is 3. The molecule has 0 saturated carbocycles. The second-order valence-corrected chi connectivity index (χ2v) is 3.94. The van der Waals surface area contributed by atoms with Crippen LogP contribution in [0.15, 0.2) is 6.07 Å². The fourth-order valence-electron chi connectivity index (χ4n) is 1.46. The maximum atomic E-state index is 12.0. The van der Waals surface area contributed by atoms with Gasteiger partial charge in [-0.15, -0.1) is 0 Å². The van der Waals surface area contributed by atoms with Crippen molar-refractivity contribution in [1.29, 1.82) is 5.26 Å². The molecule has 1 aromatic heterocycles. The minimum absolute atomic E-state index is 0.161. The van der Waals surface area contributed by atoms with Crippen LogP contribution >= 0.6 is 0 Å². The highest BCUT2D eigenvalue weighted by molar-refractivity contribution is 5.95. The molecule has 1 heterocycles. The molecule has 90 valence electrons. The summed E-state index contributed by atoms with van der Waals surface area (Å²) in [6, 6.07) is 3.58. The van der Waals surface area contributed by atoms with Crippen LogP contribution in [0.5, 0.6) is 0 Å². The highest BCUT2D eigenvalue weighted by Gasteiger charge is 2.14. The SMILES string of the molecule is CCc1nnc(C)cc1C(=O)NC(C)CC#N. The lowest BCUT2D eigenvalue weighted by Gasteiger charge is -2.12. The van der Waals surface area contributed by atoms with E-state index in [9.17, 15) is 4.79 Å². The first-order valence-electron chi connectivity index (χ1n) is 5.59. The van der Waals surface area contributed by atoms with Crippen molar-refractivity contribution >= 4 is 5.91 Å². The summed E-state index contributed by atoms with van der Waals surface area (Å²) in [6.07, 6.45) is 0.952. The van der Waals surface area contributed by atoms with Crippen molar-refractivity contribution in [2.75, 3.05) is 0 Å². The predicted octanol–water partition coefficient (Wildman–Crippen LogP) is 1.38. The molecule has 5 heteroatoms. The molecule has 17 heavy (non-hydrogen) atoms. The molecule has 1 aromatic rings. The third-order valence-corrected chi connectivity index (χ3v) is 2.35. The van der Waals surface area contributed by atoms with Gasteiger partial charge in [0, 0.05) is 6.04 Å². The first-order valence-corrected chi connectivity index (χ1v) is 5.59. The molecule has 0 radical (unpaired) electrons. The van der Waals surface area contributed by atoms with Gasteiger partial charge in [-0.05, 0) is 26.3 Å². The molecule has 1 N–H and O–H groups in total. The Morgan fingerprint density at radius 2 is 2.29 bits per heavy atom. The molecule has 0 spiro atoms. The third-order valence-electron chi connectivity index (χ3n) is 2.35. The number of rotatable bonds is 4. The molecule has 1 rings (SSSR count). The van der Waals surface area contributed by atoms with E-state index in [0.29, 0.717) is 29.8 Å². The predicted molar refractivity (Wildman–Crippen MR) is 63.3 cm³/mol. The van der Waals surface area contributed by atoms with E-state index in [0.717, 1.165) is 0 Å². The Hall–Kier alpha value is -1.96. The summed E-state index contributed by atoms with van der Waals surface area (Å²) < 4.78 is 0. The van der Waals surface area contributed by atoms with Crippen LogP contribution in [0.4, 0.5) is 0 Å². The number of aromatic nitrogens is 2. The summed E-state index contributed by atoms with van der Waals surface area (Å²) in [6.45, 7) is 5.52. The van der Waals surface area contributed by atoms with Gasteiger partial charge in [0.1, 0.15) is 0 Å². The Morgan fingerprint density at radius 3 is 2.88 bits per heavy atom. The van der Waals surface area contributed by atoms with E-state index in [4.69, 9.17) is 5.26 Å². The number of carbonyl (C=O) groups excluding carboxylic acids is 1. The Morgan fingerprint density at radius 1 is 1.59 bits per heavy atom. The van der Waals surface area contributed by atoms with E-state index in [1.165, 1.54) is 0 Å². The Kier molecular flexibility index (Phi) is 4.58. The van der Waals surface area contributed by atoms with Gasteiger partial charge in [0.25, 0.3) is 5.91 Å². The van der Waals surface area contributed by atoms with Crippen molar-refractivity contribution in [3.05, 3.63) is 23.0 Å². The molecule has 0 bridgehead atoms. The second-order valence-electron chi connectivity index (χ2n) is 3.94.